The SMILES string of the molecule is COC(=O)[C@H]1N(Cc2ccccc2)[C@H](CO)C[C@]12O[C@H](COCc1ccccc1)[C@@H](OCc1ccccc1)[C@H](OCc1ccccc1)[C@H]2OCc1ccccc1. The first-order valence-electron chi connectivity index (χ1n) is 19.3. The maximum atomic E-state index is 14.4. The zero-order chi connectivity index (χ0) is 38.6. The fourth-order valence-corrected chi connectivity index (χ4v) is 8.09. The number of nitrogens with zero attached hydrogens (tertiary/aromatic N) is 1. The molecule has 1 N–H and O–H groups in total. The van der Waals surface area contributed by atoms with Gasteiger partial charge in [0.25, 0.3) is 0 Å². The van der Waals surface area contributed by atoms with Gasteiger partial charge in [0.15, 0.2) is 0 Å². The van der Waals surface area contributed by atoms with Gasteiger partial charge in [0, 0.05) is 12.6 Å². The summed E-state index contributed by atoms with van der Waals surface area (Å²) in [5, 5.41) is 11.0. The van der Waals surface area contributed by atoms with Crippen LogP contribution in [0.25, 0.3) is 0 Å². The number of likely N-dealkylation sites (tertiary alicyclic amines) is 1. The lowest BCUT2D eigenvalue weighted by Gasteiger charge is -2.53. The Morgan fingerprint density at radius 3 is 1.57 bits per heavy atom. The van der Waals surface area contributed by atoms with E-state index in [0.29, 0.717) is 13.2 Å². The van der Waals surface area contributed by atoms with E-state index in [0.717, 1.165) is 27.8 Å². The molecule has 0 aromatic heterocycles. The number of benzene rings is 5. The third-order valence-corrected chi connectivity index (χ3v) is 10.7. The van der Waals surface area contributed by atoms with Gasteiger partial charge < -0.3 is 33.5 Å². The van der Waals surface area contributed by atoms with Crippen LogP contribution in [-0.2, 0) is 66.2 Å². The normalized spacial score (nSPS) is 25.0. The van der Waals surface area contributed by atoms with E-state index in [-0.39, 0.29) is 39.5 Å². The van der Waals surface area contributed by atoms with Gasteiger partial charge in [0.2, 0.25) is 0 Å². The van der Waals surface area contributed by atoms with Gasteiger partial charge in [-0.05, 0) is 34.2 Å². The van der Waals surface area contributed by atoms with E-state index in [1.807, 2.05) is 157 Å². The van der Waals surface area contributed by atoms with Gasteiger partial charge in [0.05, 0.1) is 46.8 Å². The minimum Gasteiger partial charge on any atom is -0.468 e. The first-order chi connectivity index (χ1) is 27.6. The molecule has 292 valence electrons. The third-order valence-electron chi connectivity index (χ3n) is 10.7. The van der Waals surface area contributed by atoms with Crippen molar-refractivity contribution in [3.8, 4) is 0 Å². The minimum absolute atomic E-state index is 0.142. The highest BCUT2D eigenvalue weighted by Crippen LogP contribution is 2.48. The molecular formula is C47H51NO8. The van der Waals surface area contributed by atoms with Crippen molar-refractivity contribution in [1.82, 2.24) is 4.90 Å². The van der Waals surface area contributed by atoms with Gasteiger partial charge in [-0.2, -0.15) is 0 Å². The van der Waals surface area contributed by atoms with Crippen molar-refractivity contribution in [3.63, 3.8) is 0 Å². The summed E-state index contributed by atoms with van der Waals surface area (Å²) in [6, 6.07) is 48.3. The fraction of sp³-hybridized carbons (Fsp3) is 0.340. The Kier molecular flexibility index (Phi) is 13.7. The van der Waals surface area contributed by atoms with Crippen LogP contribution >= 0.6 is 0 Å². The Morgan fingerprint density at radius 2 is 1.09 bits per heavy atom. The number of hydrogen-bond acceptors (Lipinski definition) is 9. The number of hydrogen-bond donors (Lipinski definition) is 1. The van der Waals surface area contributed by atoms with Crippen LogP contribution < -0.4 is 0 Å². The first kappa shape index (κ1) is 39.5. The Morgan fingerprint density at radius 1 is 0.643 bits per heavy atom. The highest BCUT2D eigenvalue weighted by molar-refractivity contribution is 5.78. The van der Waals surface area contributed by atoms with E-state index in [2.05, 4.69) is 0 Å². The van der Waals surface area contributed by atoms with Crippen LogP contribution in [0.4, 0.5) is 0 Å². The van der Waals surface area contributed by atoms with Crippen LogP contribution in [0.15, 0.2) is 152 Å². The molecule has 2 aliphatic rings. The highest BCUT2D eigenvalue weighted by Gasteiger charge is 2.67. The maximum Gasteiger partial charge on any atom is 0.326 e. The van der Waals surface area contributed by atoms with Crippen molar-refractivity contribution < 1.29 is 38.3 Å². The summed E-state index contributed by atoms with van der Waals surface area (Å²) < 4.78 is 40.4. The van der Waals surface area contributed by atoms with Gasteiger partial charge >= 0.3 is 5.97 Å². The molecule has 9 nitrogen and oxygen atoms in total. The number of esters is 1. The molecule has 7 atom stereocenters. The Labute approximate surface area is 329 Å². The fourth-order valence-electron chi connectivity index (χ4n) is 8.09. The lowest BCUT2D eigenvalue weighted by atomic mass is 9.78. The molecule has 5 aromatic carbocycles. The third kappa shape index (κ3) is 9.45. The van der Waals surface area contributed by atoms with Crippen LogP contribution in [0.2, 0.25) is 0 Å². The van der Waals surface area contributed by atoms with Gasteiger partial charge in [-0.1, -0.05) is 152 Å². The van der Waals surface area contributed by atoms with Crippen LogP contribution in [0.5, 0.6) is 0 Å². The van der Waals surface area contributed by atoms with Crippen molar-refractivity contribution >= 4 is 5.97 Å². The second-order valence-corrected chi connectivity index (χ2v) is 14.5. The van der Waals surface area contributed by atoms with E-state index in [9.17, 15) is 9.90 Å². The number of rotatable bonds is 17. The van der Waals surface area contributed by atoms with Gasteiger partial charge in [-0.3, -0.25) is 9.69 Å². The minimum atomic E-state index is -1.35. The number of methoxy groups -OCH3 is 1. The number of ether oxygens (including phenoxy) is 6. The van der Waals surface area contributed by atoms with Crippen LogP contribution in [-0.4, -0.2) is 78.4 Å². The summed E-state index contributed by atoms with van der Waals surface area (Å²) in [6.07, 6.45) is -2.72. The summed E-state index contributed by atoms with van der Waals surface area (Å²) in [6.45, 7) is 1.42. The molecule has 0 amide bonds. The van der Waals surface area contributed by atoms with Crippen molar-refractivity contribution in [2.75, 3.05) is 20.3 Å². The zero-order valence-corrected chi connectivity index (χ0v) is 31.8. The van der Waals surface area contributed by atoms with E-state index in [1.54, 1.807) is 0 Å². The number of aliphatic hydroxyl groups excluding tert-OH is 1. The van der Waals surface area contributed by atoms with Crippen LogP contribution in [0.1, 0.15) is 34.2 Å². The molecule has 0 aliphatic carbocycles. The molecule has 2 saturated heterocycles. The molecule has 2 heterocycles. The van der Waals surface area contributed by atoms with Crippen molar-refractivity contribution in [2.24, 2.45) is 0 Å². The molecule has 0 saturated carbocycles. The monoisotopic (exact) mass is 757 g/mol. The molecule has 1 spiro atoms. The van der Waals surface area contributed by atoms with E-state index in [4.69, 9.17) is 28.4 Å². The Balaban J connectivity index is 1.33. The standard InChI is InChI=1S/C47H51NO8/c1-51-46(50)44-47(27-40(29-49)48(44)28-35-17-7-2-8-18-35)45(55-33-39-25-15-6-16-26-39)43(54-32-38-23-13-5-14-24-38)42(53-31-37-21-11-4-12-22-37)41(56-47)34-52-30-36-19-9-3-10-20-36/h2-26,40-45,49H,27-34H2,1H3/t40-,41+,42+,43-,44+,45+,47-/m0/s1. The topological polar surface area (TPSA) is 95.9 Å². The van der Waals surface area contributed by atoms with Crippen molar-refractivity contribution in [2.45, 2.75) is 81.5 Å². The molecule has 0 unspecified atom stereocenters. The quantitative estimate of drug-likeness (QED) is 0.102. The molecule has 2 fully saturated rings. The second-order valence-electron chi connectivity index (χ2n) is 14.5. The van der Waals surface area contributed by atoms with Gasteiger partial charge in [0.1, 0.15) is 36.1 Å². The van der Waals surface area contributed by atoms with Gasteiger partial charge in [-0.25, -0.2) is 0 Å². The highest BCUT2D eigenvalue weighted by atomic mass is 16.6. The smallest absolute Gasteiger partial charge is 0.326 e. The number of aliphatic hydroxyl groups is 1. The average Bonchev–Trinajstić information content (AvgIpc) is 3.56. The molecule has 0 bridgehead atoms. The van der Waals surface area contributed by atoms with E-state index >= 15 is 0 Å². The molecule has 9 heteroatoms. The van der Waals surface area contributed by atoms with E-state index < -0.39 is 48.1 Å². The van der Waals surface area contributed by atoms with Gasteiger partial charge in [-0.15, -0.1) is 0 Å². The summed E-state index contributed by atoms with van der Waals surface area (Å²) >= 11 is 0. The molecule has 0 radical (unpaired) electrons. The summed E-state index contributed by atoms with van der Waals surface area (Å²) in [7, 11) is 1.39. The van der Waals surface area contributed by atoms with Crippen molar-refractivity contribution in [3.05, 3.63) is 179 Å². The summed E-state index contributed by atoms with van der Waals surface area (Å²) in [5.41, 5.74) is 3.57. The predicted molar refractivity (Wildman–Crippen MR) is 212 cm³/mol. The first-order valence-corrected chi connectivity index (χ1v) is 19.3. The zero-order valence-electron chi connectivity index (χ0n) is 31.8. The van der Waals surface area contributed by atoms with Crippen molar-refractivity contribution in [1.29, 1.82) is 0 Å². The average molecular weight is 758 g/mol. The predicted octanol–water partition coefficient (Wildman–Crippen LogP) is 6.91. The Bertz CT molecular complexity index is 1900. The lowest BCUT2D eigenvalue weighted by Crippen LogP contribution is -2.71. The molecule has 2 aliphatic heterocycles. The van der Waals surface area contributed by atoms with E-state index in [1.165, 1.54) is 7.11 Å². The molecule has 56 heavy (non-hydrogen) atoms. The largest absolute Gasteiger partial charge is 0.468 e. The summed E-state index contributed by atoms with van der Waals surface area (Å²) in [5.74, 6) is -0.486. The Hall–Kier alpha value is -4.71. The second kappa shape index (κ2) is 19.4. The number of carbonyl (C=O) groups is 1. The molecule has 7 rings (SSSR count). The summed E-state index contributed by atoms with van der Waals surface area (Å²) in [4.78, 5) is 16.4. The molecular weight excluding hydrogens is 707 g/mol. The van der Waals surface area contributed by atoms with Crippen LogP contribution in [0, 0.1) is 0 Å². The maximum absolute atomic E-state index is 14.4. The lowest BCUT2D eigenvalue weighted by molar-refractivity contribution is -0.312. The molecule has 5 aromatic rings. The number of carbonyl (C=O) groups excluding carboxylic acids is 1. The van der Waals surface area contributed by atoms with Crippen LogP contribution in [0.3, 0.4) is 0 Å².